The molecule has 0 unspecified atom stereocenters. The third-order valence-corrected chi connectivity index (χ3v) is 2.83. The van der Waals surface area contributed by atoms with E-state index in [0.29, 0.717) is 18.4 Å². The minimum absolute atomic E-state index is 0. The van der Waals surface area contributed by atoms with Crippen LogP contribution in [0.3, 0.4) is 0 Å². The fourth-order valence-electron chi connectivity index (χ4n) is 1.70. The summed E-state index contributed by atoms with van der Waals surface area (Å²) in [6, 6.07) is 8.12. The number of nitrogens with one attached hydrogen (secondary N) is 1. The van der Waals surface area contributed by atoms with Gasteiger partial charge >= 0.3 is 0 Å². The van der Waals surface area contributed by atoms with Crippen LogP contribution in [0.5, 0.6) is 0 Å². The molecule has 0 amide bonds. The monoisotopic (exact) mass is 400 g/mol. The van der Waals surface area contributed by atoms with Crippen molar-refractivity contribution in [3.05, 3.63) is 41.9 Å². The topological polar surface area (TPSA) is 76.4 Å². The molecule has 0 aliphatic heterocycles. The van der Waals surface area contributed by atoms with E-state index in [1.165, 1.54) is 5.56 Å². The molecule has 2 aromatic rings. The number of rotatable bonds is 5. The minimum Gasteiger partial charge on any atom is -0.439 e. The van der Waals surface area contributed by atoms with Crippen molar-refractivity contribution in [3.63, 3.8) is 0 Å². The number of oxazole rings is 1. The zero-order valence-electron chi connectivity index (χ0n) is 12.3. The summed E-state index contributed by atoms with van der Waals surface area (Å²) in [5, 5.41) is 3.01. The van der Waals surface area contributed by atoms with Gasteiger partial charge in [0.1, 0.15) is 6.54 Å². The summed E-state index contributed by atoms with van der Waals surface area (Å²) in [5.74, 6) is 1.72. The molecule has 1 heterocycles. The highest BCUT2D eigenvalue weighted by Gasteiger charge is 2.05. The van der Waals surface area contributed by atoms with Gasteiger partial charge in [-0.05, 0) is 13.3 Å². The molecule has 21 heavy (non-hydrogen) atoms. The van der Waals surface area contributed by atoms with Crippen LogP contribution in [0.1, 0.15) is 24.8 Å². The molecule has 0 saturated heterocycles. The average Bonchev–Trinajstić information content (AvgIpc) is 2.92. The Kier molecular flexibility index (Phi) is 7.21. The zero-order valence-corrected chi connectivity index (χ0v) is 14.6. The molecule has 0 radical (unpaired) electrons. The quantitative estimate of drug-likeness (QED) is 0.460. The summed E-state index contributed by atoms with van der Waals surface area (Å²) in [4.78, 5) is 8.39. The summed E-state index contributed by atoms with van der Waals surface area (Å²) >= 11 is 0. The number of aliphatic imine (C=N–C) groups is 1. The number of guanidine groups is 1. The summed E-state index contributed by atoms with van der Waals surface area (Å²) in [6.07, 6.45) is 2.72. The Morgan fingerprint density at radius 1 is 1.33 bits per heavy atom. The minimum atomic E-state index is 0. The Labute approximate surface area is 142 Å². The molecule has 0 bridgehead atoms. The molecule has 0 fully saturated rings. The Balaban J connectivity index is 0.00000220. The van der Waals surface area contributed by atoms with Crippen LogP contribution in [0, 0.1) is 6.92 Å². The van der Waals surface area contributed by atoms with Crippen molar-refractivity contribution in [1.82, 2.24) is 10.3 Å². The van der Waals surface area contributed by atoms with E-state index in [-0.39, 0.29) is 24.0 Å². The lowest BCUT2D eigenvalue weighted by Crippen LogP contribution is -2.32. The van der Waals surface area contributed by atoms with E-state index in [2.05, 4.69) is 29.1 Å². The molecule has 5 nitrogen and oxygen atoms in total. The fraction of sp³-hybridized carbons (Fsp3) is 0.333. The highest BCUT2D eigenvalue weighted by molar-refractivity contribution is 14.0. The molecule has 6 heteroatoms. The number of hydrogen-bond donors (Lipinski definition) is 2. The summed E-state index contributed by atoms with van der Waals surface area (Å²) in [5.41, 5.74) is 7.94. The number of nitrogens with zero attached hydrogens (tertiary/aromatic N) is 2. The van der Waals surface area contributed by atoms with Crippen molar-refractivity contribution in [3.8, 4) is 11.3 Å². The van der Waals surface area contributed by atoms with E-state index < -0.39 is 0 Å². The van der Waals surface area contributed by atoms with Gasteiger partial charge in [-0.2, -0.15) is 0 Å². The molecule has 0 atom stereocenters. The van der Waals surface area contributed by atoms with Crippen molar-refractivity contribution in [2.75, 3.05) is 6.54 Å². The van der Waals surface area contributed by atoms with E-state index in [1.807, 2.05) is 24.3 Å². The van der Waals surface area contributed by atoms with Crippen molar-refractivity contribution in [1.29, 1.82) is 0 Å². The summed E-state index contributed by atoms with van der Waals surface area (Å²) in [7, 11) is 0. The van der Waals surface area contributed by atoms with Gasteiger partial charge in [0, 0.05) is 12.1 Å². The maximum absolute atomic E-state index is 5.71. The Morgan fingerprint density at radius 2 is 2.05 bits per heavy atom. The van der Waals surface area contributed by atoms with Crippen molar-refractivity contribution in [2.24, 2.45) is 10.7 Å². The molecule has 1 aromatic heterocycles. The zero-order chi connectivity index (χ0) is 14.4. The van der Waals surface area contributed by atoms with Crippen LogP contribution in [-0.4, -0.2) is 17.5 Å². The van der Waals surface area contributed by atoms with Crippen LogP contribution in [0.2, 0.25) is 0 Å². The molecular weight excluding hydrogens is 379 g/mol. The lowest BCUT2D eigenvalue weighted by molar-refractivity contribution is 0.509. The Bertz CT molecular complexity index is 578. The van der Waals surface area contributed by atoms with E-state index in [1.54, 1.807) is 6.20 Å². The van der Waals surface area contributed by atoms with Crippen molar-refractivity contribution < 1.29 is 4.42 Å². The first-order valence-corrected chi connectivity index (χ1v) is 6.74. The largest absolute Gasteiger partial charge is 0.439 e. The molecule has 0 aliphatic carbocycles. The van der Waals surface area contributed by atoms with Gasteiger partial charge in [-0.15, -0.1) is 24.0 Å². The van der Waals surface area contributed by atoms with E-state index >= 15 is 0 Å². The van der Waals surface area contributed by atoms with Gasteiger partial charge < -0.3 is 15.5 Å². The van der Waals surface area contributed by atoms with Crippen molar-refractivity contribution in [2.45, 2.75) is 26.8 Å². The number of benzene rings is 1. The molecule has 0 saturated carbocycles. The number of hydrogen-bond acceptors (Lipinski definition) is 3. The standard InChI is InChI=1S/C15H20N4O.HI/c1-3-8-17-15(16)19-10-14-18-9-13(20-14)12-6-4-11(2)5-7-12;/h4-7,9H,3,8,10H2,1-2H3,(H3,16,17,19);1H. The lowest BCUT2D eigenvalue weighted by Gasteiger charge is -2.01. The fourth-order valence-corrected chi connectivity index (χ4v) is 1.70. The first-order valence-electron chi connectivity index (χ1n) is 6.74. The van der Waals surface area contributed by atoms with Crippen LogP contribution in [0.15, 0.2) is 39.9 Å². The molecule has 114 valence electrons. The smallest absolute Gasteiger partial charge is 0.216 e. The molecule has 3 N–H and O–H groups in total. The van der Waals surface area contributed by atoms with Crippen LogP contribution in [-0.2, 0) is 6.54 Å². The lowest BCUT2D eigenvalue weighted by atomic mass is 10.1. The Morgan fingerprint density at radius 3 is 2.71 bits per heavy atom. The van der Waals surface area contributed by atoms with Gasteiger partial charge in [0.15, 0.2) is 11.7 Å². The molecule has 1 aromatic carbocycles. The molecular formula is C15H21IN4O. The summed E-state index contributed by atoms with van der Waals surface area (Å²) < 4.78 is 5.66. The van der Waals surface area contributed by atoms with Crippen LogP contribution < -0.4 is 11.1 Å². The van der Waals surface area contributed by atoms with E-state index in [4.69, 9.17) is 10.2 Å². The van der Waals surface area contributed by atoms with Gasteiger partial charge in [0.25, 0.3) is 0 Å². The maximum Gasteiger partial charge on any atom is 0.216 e. The summed E-state index contributed by atoms with van der Waals surface area (Å²) in [6.45, 7) is 5.28. The van der Waals surface area contributed by atoms with E-state index in [9.17, 15) is 0 Å². The third-order valence-electron chi connectivity index (χ3n) is 2.83. The predicted octanol–water partition coefficient (Wildman–Crippen LogP) is 3.08. The highest BCUT2D eigenvalue weighted by atomic mass is 127. The normalized spacial score (nSPS) is 11.0. The van der Waals surface area contributed by atoms with Gasteiger partial charge in [-0.25, -0.2) is 9.98 Å². The molecule has 2 rings (SSSR count). The molecule has 0 spiro atoms. The number of aromatic nitrogens is 1. The maximum atomic E-state index is 5.71. The van der Waals surface area contributed by atoms with Gasteiger partial charge in [0.05, 0.1) is 6.20 Å². The van der Waals surface area contributed by atoms with Gasteiger partial charge in [0.2, 0.25) is 5.89 Å². The SMILES string of the molecule is CCCNC(N)=NCc1ncc(-c2ccc(C)cc2)o1.I. The van der Waals surface area contributed by atoms with Crippen LogP contribution >= 0.6 is 24.0 Å². The second-order valence-electron chi connectivity index (χ2n) is 4.61. The van der Waals surface area contributed by atoms with Gasteiger partial charge in [-0.3, -0.25) is 0 Å². The van der Waals surface area contributed by atoms with Crippen molar-refractivity contribution >= 4 is 29.9 Å². The first kappa shape index (κ1) is 17.5. The highest BCUT2D eigenvalue weighted by Crippen LogP contribution is 2.20. The molecule has 0 aliphatic rings. The average molecular weight is 400 g/mol. The predicted molar refractivity (Wildman–Crippen MR) is 95.7 cm³/mol. The van der Waals surface area contributed by atoms with Crippen LogP contribution in [0.25, 0.3) is 11.3 Å². The van der Waals surface area contributed by atoms with Gasteiger partial charge in [-0.1, -0.05) is 36.8 Å². The first-order chi connectivity index (χ1) is 9.69. The number of nitrogens with two attached hydrogens (primary N) is 1. The van der Waals surface area contributed by atoms with E-state index in [0.717, 1.165) is 24.3 Å². The number of halogens is 1. The van der Waals surface area contributed by atoms with Crippen LogP contribution in [0.4, 0.5) is 0 Å². The number of aryl methyl sites for hydroxylation is 1. The second-order valence-corrected chi connectivity index (χ2v) is 4.61. The Hall–Kier alpha value is -1.57. The second kappa shape index (κ2) is 8.66. The third kappa shape index (κ3) is 5.37.